The van der Waals surface area contributed by atoms with E-state index in [1.807, 2.05) is 49.4 Å². The van der Waals surface area contributed by atoms with Crippen LogP contribution in [0.1, 0.15) is 29.8 Å². The van der Waals surface area contributed by atoms with Crippen molar-refractivity contribution in [2.45, 2.75) is 26.3 Å². The summed E-state index contributed by atoms with van der Waals surface area (Å²) in [6.45, 7) is 4.84. The third kappa shape index (κ3) is 5.20. The Bertz CT molecular complexity index is 867. The molecule has 0 aliphatic carbocycles. The van der Waals surface area contributed by atoms with E-state index in [1.165, 1.54) is 5.56 Å². The molecule has 1 heterocycles. The second kappa shape index (κ2) is 9.03. The van der Waals surface area contributed by atoms with Gasteiger partial charge in [0.25, 0.3) is 0 Å². The van der Waals surface area contributed by atoms with Gasteiger partial charge >= 0.3 is 0 Å². The summed E-state index contributed by atoms with van der Waals surface area (Å²) in [5.41, 5.74) is 3.31. The Morgan fingerprint density at radius 3 is 2.52 bits per heavy atom. The summed E-state index contributed by atoms with van der Waals surface area (Å²) in [6, 6.07) is 20.5. The molecule has 140 valence electrons. The zero-order valence-electron chi connectivity index (χ0n) is 16.1. The highest BCUT2D eigenvalue weighted by Gasteiger charge is 2.08. The highest BCUT2D eigenvalue weighted by atomic mass is 16.5. The number of nitrogens with one attached hydrogen (secondary N) is 2. The maximum atomic E-state index is 5.40. The number of ether oxygens (including phenoxy) is 1. The minimum absolute atomic E-state index is 0.168. The van der Waals surface area contributed by atoms with Gasteiger partial charge in [0.2, 0.25) is 5.95 Å². The van der Waals surface area contributed by atoms with Crippen LogP contribution >= 0.6 is 0 Å². The second-order valence-electron chi connectivity index (χ2n) is 6.48. The molecular weight excluding hydrogens is 336 g/mol. The van der Waals surface area contributed by atoms with E-state index in [4.69, 9.17) is 4.74 Å². The lowest BCUT2D eigenvalue weighted by Crippen LogP contribution is -2.12. The number of hydrogen-bond acceptors (Lipinski definition) is 5. The lowest BCUT2D eigenvalue weighted by molar-refractivity contribution is 0.410. The number of rotatable bonds is 8. The van der Waals surface area contributed by atoms with Crippen LogP contribution in [0.3, 0.4) is 0 Å². The third-order valence-corrected chi connectivity index (χ3v) is 4.39. The smallest absolute Gasteiger partial charge is 0.224 e. The van der Waals surface area contributed by atoms with Crippen LogP contribution in [0.15, 0.2) is 60.7 Å². The van der Waals surface area contributed by atoms with E-state index in [0.29, 0.717) is 5.95 Å². The van der Waals surface area contributed by atoms with Gasteiger partial charge in [0.1, 0.15) is 11.6 Å². The van der Waals surface area contributed by atoms with Crippen molar-refractivity contribution in [2.75, 3.05) is 24.3 Å². The Morgan fingerprint density at radius 1 is 1.00 bits per heavy atom. The average molecular weight is 362 g/mol. The molecule has 1 unspecified atom stereocenters. The van der Waals surface area contributed by atoms with Gasteiger partial charge in [-0.2, -0.15) is 4.98 Å². The molecule has 3 aromatic rings. The van der Waals surface area contributed by atoms with Crippen molar-refractivity contribution in [2.24, 2.45) is 0 Å². The Kier molecular flexibility index (Phi) is 6.26. The molecule has 0 amide bonds. The Hall–Kier alpha value is -3.08. The number of nitrogens with zero attached hydrogens (tertiary/aromatic N) is 2. The summed E-state index contributed by atoms with van der Waals surface area (Å²) >= 11 is 0. The number of aromatic nitrogens is 2. The Balaban J connectivity index is 1.63. The summed E-state index contributed by atoms with van der Waals surface area (Å²) in [4.78, 5) is 9.10. The summed E-state index contributed by atoms with van der Waals surface area (Å²) < 4.78 is 5.40. The van der Waals surface area contributed by atoms with Crippen molar-refractivity contribution in [3.63, 3.8) is 0 Å². The topological polar surface area (TPSA) is 59.1 Å². The SMILES string of the molecule is COc1ccccc1CCNc1nc(C)cc(NC(C)c2ccccc2)n1. The van der Waals surface area contributed by atoms with Gasteiger partial charge in [-0.15, -0.1) is 0 Å². The van der Waals surface area contributed by atoms with Gasteiger partial charge in [-0.1, -0.05) is 48.5 Å². The first-order valence-corrected chi connectivity index (χ1v) is 9.18. The van der Waals surface area contributed by atoms with Gasteiger partial charge in [-0.3, -0.25) is 0 Å². The van der Waals surface area contributed by atoms with Gasteiger partial charge in [0.05, 0.1) is 7.11 Å². The van der Waals surface area contributed by atoms with Crippen molar-refractivity contribution < 1.29 is 4.74 Å². The molecule has 0 aliphatic rings. The second-order valence-corrected chi connectivity index (χ2v) is 6.48. The molecule has 2 aromatic carbocycles. The van der Waals surface area contributed by atoms with Crippen molar-refractivity contribution in [3.8, 4) is 5.75 Å². The molecule has 1 atom stereocenters. The number of para-hydroxylation sites is 1. The Morgan fingerprint density at radius 2 is 1.74 bits per heavy atom. The maximum absolute atomic E-state index is 5.40. The molecule has 0 saturated carbocycles. The molecule has 5 heteroatoms. The van der Waals surface area contributed by atoms with Gasteiger partial charge in [-0.05, 0) is 37.5 Å². The van der Waals surface area contributed by atoms with Gasteiger partial charge in [0.15, 0.2) is 0 Å². The first kappa shape index (κ1) is 18.7. The van der Waals surface area contributed by atoms with E-state index in [-0.39, 0.29) is 6.04 Å². The van der Waals surface area contributed by atoms with Crippen LogP contribution in [-0.4, -0.2) is 23.6 Å². The molecule has 0 spiro atoms. The largest absolute Gasteiger partial charge is 0.496 e. The van der Waals surface area contributed by atoms with Gasteiger partial charge in [-0.25, -0.2) is 4.98 Å². The van der Waals surface area contributed by atoms with Crippen molar-refractivity contribution in [1.82, 2.24) is 9.97 Å². The van der Waals surface area contributed by atoms with E-state index in [1.54, 1.807) is 7.11 Å². The van der Waals surface area contributed by atoms with E-state index in [9.17, 15) is 0 Å². The fraction of sp³-hybridized carbons (Fsp3) is 0.273. The van der Waals surface area contributed by atoms with Crippen LogP contribution in [0.4, 0.5) is 11.8 Å². The monoisotopic (exact) mass is 362 g/mol. The van der Waals surface area contributed by atoms with Gasteiger partial charge < -0.3 is 15.4 Å². The highest BCUT2D eigenvalue weighted by molar-refractivity contribution is 5.44. The van der Waals surface area contributed by atoms with E-state index >= 15 is 0 Å². The first-order valence-electron chi connectivity index (χ1n) is 9.18. The fourth-order valence-electron chi connectivity index (χ4n) is 2.99. The van der Waals surface area contributed by atoms with E-state index in [0.717, 1.165) is 35.8 Å². The summed E-state index contributed by atoms with van der Waals surface area (Å²) in [7, 11) is 1.70. The first-order chi connectivity index (χ1) is 13.2. The molecule has 5 nitrogen and oxygen atoms in total. The molecule has 0 fully saturated rings. The number of benzene rings is 2. The van der Waals surface area contributed by atoms with Crippen LogP contribution in [0, 0.1) is 6.92 Å². The molecule has 3 rings (SSSR count). The van der Waals surface area contributed by atoms with Crippen LogP contribution in [0.25, 0.3) is 0 Å². The molecule has 27 heavy (non-hydrogen) atoms. The van der Waals surface area contributed by atoms with Crippen molar-refractivity contribution >= 4 is 11.8 Å². The minimum Gasteiger partial charge on any atom is -0.496 e. The summed E-state index contributed by atoms with van der Waals surface area (Å²) in [6.07, 6.45) is 0.838. The summed E-state index contributed by atoms with van der Waals surface area (Å²) in [5.74, 6) is 2.36. The number of methoxy groups -OCH3 is 1. The zero-order chi connectivity index (χ0) is 19.1. The van der Waals surface area contributed by atoms with Crippen LogP contribution in [0.5, 0.6) is 5.75 Å². The average Bonchev–Trinajstić information content (AvgIpc) is 2.68. The zero-order valence-corrected chi connectivity index (χ0v) is 16.1. The molecule has 0 aliphatic heterocycles. The van der Waals surface area contributed by atoms with Crippen molar-refractivity contribution in [3.05, 3.63) is 77.5 Å². The fourth-order valence-corrected chi connectivity index (χ4v) is 2.99. The normalized spacial score (nSPS) is 11.7. The molecular formula is C22H26N4O. The van der Waals surface area contributed by atoms with E-state index < -0.39 is 0 Å². The molecule has 0 bridgehead atoms. The number of anilines is 2. The van der Waals surface area contributed by atoms with Crippen LogP contribution < -0.4 is 15.4 Å². The van der Waals surface area contributed by atoms with Crippen LogP contribution in [0.2, 0.25) is 0 Å². The molecule has 2 N–H and O–H groups in total. The summed E-state index contributed by atoms with van der Waals surface area (Å²) in [5, 5.41) is 6.78. The molecule has 0 saturated heterocycles. The number of hydrogen-bond donors (Lipinski definition) is 2. The Labute approximate surface area is 160 Å². The van der Waals surface area contributed by atoms with Crippen molar-refractivity contribution in [1.29, 1.82) is 0 Å². The molecule has 1 aromatic heterocycles. The van der Waals surface area contributed by atoms with E-state index in [2.05, 4.69) is 45.7 Å². The predicted molar refractivity (Wildman–Crippen MR) is 110 cm³/mol. The lowest BCUT2D eigenvalue weighted by Gasteiger charge is -2.16. The standard InChI is InChI=1S/C22H26N4O/c1-16-15-21(25-17(2)18-9-5-4-6-10-18)26-22(24-16)23-14-13-19-11-7-8-12-20(19)27-3/h4-12,15,17H,13-14H2,1-3H3,(H2,23,24,25,26). The number of aryl methyl sites for hydroxylation is 1. The predicted octanol–water partition coefficient (Wildman–Crippen LogP) is 4.62. The minimum atomic E-state index is 0.168. The van der Waals surface area contributed by atoms with Crippen LogP contribution in [-0.2, 0) is 6.42 Å². The molecule has 0 radical (unpaired) electrons. The van der Waals surface area contributed by atoms with Gasteiger partial charge in [0, 0.05) is 24.3 Å². The third-order valence-electron chi connectivity index (χ3n) is 4.39. The highest BCUT2D eigenvalue weighted by Crippen LogP contribution is 2.20. The lowest BCUT2D eigenvalue weighted by atomic mass is 10.1. The maximum Gasteiger partial charge on any atom is 0.224 e. The quantitative estimate of drug-likeness (QED) is 0.612.